The van der Waals surface area contributed by atoms with Crippen molar-refractivity contribution in [3.8, 4) is 0 Å². The van der Waals surface area contributed by atoms with E-state index in [9.17, 15) is 4.79 Å². The van der Waals surface area contributed by atoms with Crippen LogP contribution in [0.5, 0.6) is 0 Å². The number of hydrogen-bond acceptors (Lipinski definition) is 2. The molecule has 1 heterocycles. The van der Waals surface area contributed by atoms with Gasteiger partial charge in [-0.05, 0) is 41.9 Å². The van der Waals surface area contributed by atoms with Crippen molar-refractivity contribution in [1.82, 2.24) is 0 Å². The number of hydrogen-bond donors (Lipinski definition) is 1. The molecule has 0 aromatic rings. The van der Waals surface area contributed by atoms with E-state index in [4.69, 9.17) is 4.74 Å². The summed E-state index contributed by atoms with van der Waals surface area (Å²) < 4.78 is 5.49. The van der Waals surface area contributed by atoms with Crippen LogP contribution < -0.4 is 4.90 Å². The third-order valence-corrected chi connectivity index (χ3v) is 2.91. The standard InChI is InChI=1S/C10H16INO2/c1-9(11)10(13)14-8-7-12-5-3-2-4-6-12/h1-8H2/p+1. The number of ether oxygens (including phenoxy) is 1. The number of carbonyl (C=O) groups is 1. The smallest absolute Gasteiger partial charge is 0.343 e. The molecule has 0 unspecified atom stereocenters. The molecular weight excluding hydrogens is 293 g/mol. The monoisotopic (exact) mass is 310 g/mol. The van der Waals surface area contributed by atoms with Gasteiger partial charge >= 0.3 is 5.97 Å². The lowest BCUT2D eigenvalue weighted by atomic mass is 10.1. The van der Waals surface area contributed by atoms with E-state index < -0.39 is 0 Å². The maximum absolute atomic E-state index is 11.0. The van der Waals surface area contributed by atoms with Crippen LogP contribution in [0.3, 0.4) is 0 Å². The maximum Gasteiger partial charge on any atom is 0.343 e. The minimum absolute atomic E-state index is 0.276. The summed E-state index contributed by atoms with van der Waals surface area (Å²) >= 11 is 1.89. The summed E-state index contributed by atoms with van der Waals surface area (Å²) in [6, 6.07) is 0. The van der Waals surface area contributed by atoms with Crippen LogP contribution >= 0.6 is 22.6 Å². The summed E-state index contributed by atoms with van der Waals surface area (Å²) in [5, 5.41) is 0. The fourth-order valence-corrected chi connectivity index (χ4v) is 1.82. The second-order valence-corrected chi connectivity index (χ2v) is 4.90. The number of quaternary nitrogens is 1. The molecule has 4 heteroatoms. The zero-order valence-corrected chi connectivity index (χ0v) is 10.5. The molecule has 0 spiro atoms. The lowest BCUT2D eigenvalue weighted by molar-refractivity contribution is -0.905. The fourth-order valence-electron chi connectivity index (χ4n) is 1.67. The predicted octanol–water partition coefficient (Wildman–Crippen LogP) is 0.547. The highest BCUT2D eigenvalue weighted by molar-refractivity contribution is 14.1. The molecule has 1 aliphatic heterocycles. The maximum atomic E-state index is 11.0. The van der Waals surface area contributed by atoms with Gasteiger partial charge in [-0.25, -0.2) is 4.79 Å². The largest absolute Gasteiger partial charge is 0.456 e. The fraction of sp³-hybridized carbons (Fsp3) is 0.700. The molecule has 1 fully saturated rings. The lowest BCUT2D eigenvalue weighted by Crippen LogP contribution is -3.13. The second kappa shape index (κ2) is 6.40. The van der Waals surface area contributed by atoms with Crippen LogP contribution in [0, 0.1) is 0 Å². The molecule has 1 rings (SSSR count). The second-order valence-electron chi connectivity index (χ2n) is 3.60. The molecule has 1 aliphatic rings. The highest BCUT2D eigenvalue weighted by Crippen LogP contribution is 2.03. The minimum Gasteiger partial charge on any atom is -0.456 e. The Kier molecular flexibility index (Phi) is 5.47. The van der Waals surface area contributed by atoms with Crippen molar-refractivity contribution in [2.24, 2.45) is 0 Å². The Morgan fingerprint density at radius 1 is 1.36 bits per heavy atom. The Bertz CT molecular complexity index is 212. The van der Waals surface area contributed by atoms with Crippen molar-refractivity contribution in [1.29, 1.82) is 0 Å². The molecule has 0 radical (unpaired) electrons. The molecule has 0 aromatic heterocycles. The Morgan fingerprint density at radius 3 is 2.57 bits per heavy atom. The van der Waals surface area contributed by atoms with E-state index in [-0.39, 0.29) is 5.97 Å². The SMILES string of the molecule is C=C(I)C(=O)OCC[NH+]1CCCCC1. The predicted molar refractivity (Wildman–Crippen MR) is 63.5 cm³/mol. The molecule has 0 aliphatic carbocycles. The van der Waals surface area contributed by atoms with Gasteiger partial charge in [0, 0.05) is 0 Å². The third kappa shape index (κ3) is 4.41. The van der Waals surface area contributed by atoms with E-state index in [2.05, 4.69) is 6.58 Å². The van der Waals surface area contributed by atoms with Gasteiger partial charge in [-0.3, -0.25) is 0 Å². The summed E-state index contributed by atoms with van der Waals surface area (Å²) in [6.07, 6.45) is 3.97. The first-order chi connectivity index (χ1) is 6.70. The van der Waals surface area contributed by atoms with Crippen molar-refractivity contribution in [2.45, 2.75) is 19.3 Å². The number of likely N-dealkylation sites (tertiary alicyclic amines) is 1. The number of piperidine rings is 1. The van der Waals surface area contributed by atoms with Crippen molar-refractivity contribution >= 4 is 28.6 Å². The van der Waals surface area contributed by atoms with E-state index in [0.29, 0.717) is 10.2 Å². The molecule has 0 bridgehead atoms. The van der Waals surface area contributed by atoms with Crippen molar-refractivity contribution in [2.75, 3.05) is 26.2 Å². The number of nitrogens with one attached hydrogen (secondary N) is 1. The quantitative estimate of drug-likeness (QED) is 0.467. The third-order valence-electron chi connectivity index (χ3n) is 2.47. The number of rotatable bonds is 4. The summed E-state index contributed by atoms with van der Waals surface area (Å²) in [5.74, 6) is -0.276. The zero-order valence-electron chi connectivity index (χ0n) is 8.35. The van der Waals surface area contributed by atoms with Gasteiger partial charge in [0.2, 0.25) is 0 Å². The van der Waals surface area contributed by atoms with Crippen molar-refractivity contribution in [3.63, 3.8) is 0 Å². The van der Waals surface area contributed by atoms with Crippen LogP contribution in [0.15, 0.2) is 10.2 Å². The van der Waals surface area contributed by atoms with Crippen LogP contribution in [-0.2, 0) is 9.53 Å². The van der Waals surface area contributed by atoms with Gasteiger partial charge in [0.15, 0.2) is 0 Å². The van der Waals surface area contributed by atoms with Crippen molar-refractivity contribution < 1.29 is 14.4 Å². The average Bonchev–Trinajstić information content (AvgIpc) is 2.19. The summed E-state index contributed by atoms with van der Waals surface area (Å²) in [4.78, 5) is 12.6. The van der Waals surface area contributed by atoms with Crippen molar-refractivity contribution in [3.05, 3.63) is 10.2 Å². The van der Waals surface area contributed by atoms with Gasteiger partial charge in [0.05, 0.1) is 16.7 Å². The van der Waals surface area contributed by atoms with Crippen LogP contribution in [0.1, 0.15) is 19.3 Å². The summed E-state index contributed by atoms with van der Waals surface area (Å²) in [5.41, 5.74) is 0. The van der Waals surface area contributed by atoms with E-state index in [0.717, 1.165) is 6.54 Å². The van der Waals surface area contributed by atoms with Gasteiger partial charge in [-0.2, -0.15) is 0 Å². The van der Waals surface area contributed by atoms with Gasteiger partial charge in [-0.15, -0.1) is 0 Å². The van der Waals surface area contributed by atoms with E-state index in [1.807, 2.05) is 22.6 Å². The van der Waals surface area contributed by atoms with Gasteiger partial charge in [0.1, 0.15) is 13.2 Å². The van der Waals surface area contributed by atoms with Crippen LogP contribution in [-0.4, -0.2) is 32.2 Å². The molecular formula is C10H17INO2+. The molecule has 1 N–H and O–H groups in total. The molecule has 80 valence electrons. The van der Waals surface area contributed by atoms with Crippen LogP contribution in [0.2, 0.25) is 0 Å². The molecule has 3 nitrogen and oxygen atoms in total. The highest BCUT2D eigenvalue weighted by Gasteiger charge is 2.13. The first-order valence-electron chi connectivity index (χ1n) is 5.05. The first kappa shape index (κ1) is 12.0. The van der Waals surface area contributed by atoms with Crippen LogP contribution in [0.25, 0.3) is 0 Å². The highest BCUT2D eigenvalue weighted by atomic mass is 127. The topological polar surface area (TPSA) is 30.7 Å². The molecule has 14 heavy (non-hydrogen) atoms. The van der Waals surface area contributed by atoms with E-state index in [1.54, 1.807) is 4.90 Å². The van der Waals surface area contributed by atoms with Gasteiger partial charge in [-0.1, -0.05) is 6.58 Å². The van der Waals surface area contributed by atoms with Gasteiger partial charge < -0.3 is 9.64 Å². The number of halogens is 1. The van der Waals surface area contributed by atoms with E-state index >= 15 is 0 Å². The average molecular weight is 310 g/mol. The Hall–Kier alpha value is -0.100. The lowest BCUT2D eigenvalue weighted by Gasteiger charge is -2.23. The molecule has 0 atom stereocenters. The Balaban J connectivity index is 2.08. The Morgan fingerprint density at radius 2 is 2.00 bits per heavy atom. The summed E-state index contributed by atoms with van der Waals surface area (Å²) in [7, 11) is 0. The molecule has 1 saturated heterocycles. The van der Waals surface area contributed by atoms with Crippen LogP contribution in [0.4, 0.5) is 0 Å². The van der Waals surface area contributed by atoms with E-state index in [1.165, 1.54) is 32.4 Å². The zero-order chi connectivity index (χ0) is 10.4. The van der Waals surface area contributed by atoms with Gasteiger partial charge in [0.25, 0.3) is 0 Å². The number of esters is 1. The Labute approximate surface area is 98.6 Å². The first-order valence-corrected chi connectivity index (χ1v) is 6.13. The molecule has 0 aromatic carbocycles. The number of carbonyl (C=O) groups excluding carboxylic acids is 1. The summed E-state index contributed by atoms with van der Waals surface area (Å²) in [6.45, 7) is 7.44. The minimum atomic E-state index is -0.276. The normalized spacial score (nSPS) is 17.8. The molecule has 0 saturated carbocycles. The molecule has 0 amide bonds.